The van der Waals surface area contributed by atoms with E-state index in [4.69, 9.17) is 11.6 Å². The number of carbonyl (C=O) groups excluding carboxylic acids is 1. The van der Waals surface area contributed by atoms with E-state index in [2.05, 4.69) is 22.6 Å². The molecule has 1 aliphatic rings. The van der Waals surface area contributed by atoms with Crippen LogP contribution in [0.3, 0.4) is 0 Å². The van der Waals surface area contributed by atoms with Crippen molar-refractivity contribution in [3.8, 4) is 0 Å². The van der Waals surface area contributed by atoms with E-state index in [1.807, 2.05) is 6.07 Å². The Labute approximate surface area is 132 Å². The number of aliphatic hydroxyl groups is 1. The van der Waals surface area contributed by atoms with Crippen LogP contribution in [0.15, 0.2) is 18.2 Å². The molecule has 1 N–H and O–H groups in total. The van der Waals surface area contributed by atoms with Crippen LogP contribution in [0.5, 0.6) is 0 Å². The Balaban J connectivity index is 2.12. The lowest BCUT2D eigenvalue weighted by molar-refractivity contribution is 0.0156. The van der Waals surface area contributed by atoms with Gasteiger partial charge in [0.05, 0.1) is 11.2 Å². The van der Waals surface area contributed by atoms with Crippen LogP contribution in [0.25, 0.3) is 0 Å². The third-order valence-electron chi connectivity index (χ3n) is 3.57. The predicted octanol–water partition coefficient (Wildman–Crippen LogP) is 3.32. The van der Waals surface area contributed by atoms with Crippen LogP contribution >= 0.6 is 34.2 Å². The summed E-state index contributed by atoms with van der Waals surface area (Å²) in [5, 5.41) is 10.9. The summed E-state index contributed by atoms with van der Waals surface area (Å²) < 4.78 is 0.872. The van der Waals surface area contributed by atoms with Gasteiger partial charge in [0.2, 0.25) is 0 Å². The van der Waals surface area contributed by atoms with E-state index in [1.165, 1.54) is 0 Å². The van der Waals surface area contributed by atoms with E-state index >= 15 is 0 Å². The molecule has 1 aliphatic carbocycles. The minimum absolute atomic E-state index is 0.0905. The standard InChI is InChI=1S/C14H17ClINO2/c1-17(9-14(19)6-2-3-7-14)13(18)11-8-10(15)4-5-12(11)16/h4-5,8,19H,2-3,6-7,9H2,1H3. The van der Waals surface area contributed by atoms with Crippen molar-refractivity contribution < 1.29 is 9.90 Å². The van der Waals surface area contributed by atoms with E-state index < -0.39 is 5.60 Å². The van der Waals surface area contributed by atoms with Gasteiger partial charge in [-0.2, -0.15) is 0 Å². The van der Waals surface area contributed by atoms with E-state index in [0.717, 1.165) is 29.3 Å². The van der Waals surface area contributed by atoms with E-state index in [9.17, 15) is 9.90 Å². The average Bonchev–Trinajstić information content (AvgIpc) is 2.78. The van der Waals surface area contributed by atoms with E-state index in [0.29, 0.717) is 17.1 Å². The molecular weight excluding hydrogens is 377 g/mol. The van der Waals surface area contributed by atoms with Crippen LogP contribution in [0.1, 0.15) is 36.0 Å². The van der Waals surface area contributed by atoms with Crippen molar-refractivity contribution in [3.63, 3.8) is 0 Å². The molecule has 2 rings (SSSR count). The van der Waals surface area contributed by atoms with E-state index in [-0.39, 0.29) is 5.91 Å². The molecule has 5 heteroatoms. The summed E-state index contributed by atoms with van der Waals surface area (Å²) in [4.78, 5) is 14.0. The molecule has 0 radical (unpaired) electrons. The van der Waals surface area contributed by atoms with Gasteiger partial charge in [-0.3, -0.25) is 4.79 Å². The summed E-state index contributed by atoms with van der Waals surface area (Å²) in [6, 6.07) is 5.28. The van der Waals surface area contributed by atoms with Gasteiger partial charge in [0.15, 0.2) is 0 Å². The maximum absolute atomic E-state index is 12.4. The largest absolute Gasteiger partial charge is 0.388 e. The van der Waals surface area contributed by atoms with Gasteiger partial charge in [0.25, 0.3) is 5.91 Å². The summed E-state index contributed by atoms with van der Waals surface area (Å²) in [5.41, 5.74) is -0.119. The Morgan fingerprint density at radius 3 is 2.74 bits per heavy atom. The van der Waals surface area contributed by atoms with Gasteiger partial charge in [-0.1, -0.05) is 24.4 Å². The Bertz CT molecular complexity index is 486. The van der Waals surface area contributed by atoms with Gasteiger partial charge in [0.1, 0.15) is 0 Å². The van der Waals surface area contributed by atoms with Crippen molar-refractivity contribution in [1.29, 1.82) is 0 Å². The lowest BCUT2D eigenvalue weighted by Gasteiger charge is -2.29. The third-order valence-corrected chi connectivity index (χ3v) is 4.75. The maximum Gasteiger partial charge on any atom is 0.254 e. The molecule has 1 saturated carbocycles. The normalized spacial score (nSPS) is 17.5. The molecule has 0 atom stereocenters. The number of hydrogen-bond donors (Lipinski definition) is 1. The first-order valence-corrected chi connectivity index (χ1v) is 7.80. The maximum atomic E-state index is 12.4. The third kappa shape index (κ3) is 3.61. The number of benzene rings is 1. The fourth-order valence-corrected chi connectivity index (χ4v) is 3.31. The van der Waals surface area contributed by atoms with Gasteiger partial charge < -0.3 is 10.0 Å². The van der Waals surface area contributed by atoms with Crippen LogP contribution in [0.2, 0.25) is 5.02 Å². The number of amides is 1. The zero-order chi connectivity index (χ0) is 14.0. The molecule has 0 unspecified atom stereocenters. The molecule has 1 aromatic rings. The first-order chi connectivity index (χ1) is 8.91. The smallest absolute Gasteiger partial charge is 0.254 e. The van der Waals surface area contributed by atoms with Crippen molar-refractivity contribution in [2.24, 2.45) is 0 Å². The molecule has 0 aliphatic heterocycles. The summed E-state index contributed by atoms with van der Waals surface area (Å²) in [7, 11) is 1.73. The molecule has 0 saturated heterocycles. The number of nitrogens with zero attached hydrogens (tertiary/aromatic N) is 1. The Morgan fingerprint density at radius 2 is 2.11 bits per heavy atom. The fourth-order valence-electron chi connectivity index (χ4n) is 2.57. The number of halogens is 2. The predicted molar refractivity (Wildman–Crippen MR) is 84.5 cm³/mol. The second kappa shape index (κ2) is 5.97. The first-order valence-electron chi connectivity index (χ1n) is 6.34. The highest BCUT2D eigenvalue weighted by Gasteiger charge is 2.33. The van der Waals surface area contributed by atoms with Gasteiger partial charge in [-0.05, 0) is 53.6 Å². The lowest BCUT2D eigenvalue weighted by atomic mass is 10.0. The number of rotatable bonds is 3. The Morgan fingerprint density at radius 1 is 1.47 bits per heavy atom. The molecule has 1 amide bonds. The fraction of sp³-hybridized carbons (Fsp3) is 0.500. The number of carbonyl (C=O) groups is 1. The van der Waals surface area contributed by atoms with Gasteiger partial charge in [-0.25, -0.2) is 0 Å². The van der Waals surface area contributed by atoms with Gasteiger partial charge in [0, 0.05) is 22.2 Å². The van der Waals surface area contributed by atoms with Crippen molar-refractivity contribution in [3.05, 3.63) is 32.4 Å². The van der Waals surface area contributed by atoms with Gasteiger partial charge in [-0.15, -0.1) is 0 Å². The topological polar surface area (TPSA) is 40.5 Å². The molecule has 19 heavy (non-hydrogen) atoms. The molecule has 1 fully saturated rings. The average molecular weight is 394 g/mol. The zero-order valence-electron chi connectivity index (χ0n) is 10.8. The Kier molecular flexibility index (Phi) is 4.74. The minimum Gasteiger partial charge on any atom is -0.388 e. The monoisotopic (exact) mass is 393 g/mol. The second-order valence-corrected chi connectivity index (χ2v) is 6.82. The van der Waals surface area contributed by atoms with Crippen LogP contribution in [-0.4, -0.2) is 35.1 Å². The van der Waals surface area contributed by atoms with Crippen LogP contribution in [0.4, 0.5) is 0 Å². The lowest BCUT2D eigenvalue weighted by Crippen LogP contribution is -2.42. The summed E-state index contributed by atoms with van der Waals surface area (Å²) >= 11 is 8.06. The van der Waals surface area contributed by atoms with Crippen LogP contribution in [0, 0.1) is 3.57 Å². The zero-order valence-corrected chi connectivity index (χ0v) is 13.7. The quantitative estimate of drug-likeness (QED) is 0.800. The first kappa shape index (κ1) is 15.1. The molecule has 3 nitrogen and oxygen atoms in total. The van der Waals surface area contributed by atoms with Gasteiger partial charge >= 0.3 is 0 Å². The molecule has 0 spiro atoms. The molecule has 0 aromatic heterocycles. The summed E-state index contributed by atoms with van der Waals surface area (Å²) in [5.74, 6) is -0.0905. The van der Waals surface area contributed by atoms with Crippen molar-refractivity contribution in [1.82, 2.24) is 4.90 Å². The van der Waals surface area contributed by atoms with Crippen molar-refractivity contribution in [2.45, 2.75) is 31.3 Å². The van der Waals surface area contributed by atoms with Crippen molar-refractivity contribution in [2.75, 3.05) is 13.6 Å². The van der Waals surface area contributed by atoms with Crippen LogP contribution < -0.4 is 0 Å². The molecular formula is C14H17ClINO2. The summed E-state index contributed by atoms with van der Waals surface area (Å²) in [6.45, 7) is 0.383. The molecule has 0 heterocycles. The highest BCUT2D eigenvalue weighted by atomic mass is 127. The SMILES string of the molecule is CN(CC1(O)CCCC1)C(=O)c1cc(Cl)ccc1I. The second-order valence-electron chi connectivity index (χ2n) is 5.22. The highest BCUT2D eigenvalue weighted by molar-refractivity contribution is 14.1. The summed E-state index contributed by atoms with van der Waals surface area (Å²) in [6.07, 6.45) is 3.62. The molecule has 1 aromatic carbocycles. The number of likely N-dealkylation sites (N-methyl/N-ethyl adjacent to an activating group) is 1. The minimum atomic E-state index is -0.714. The number of hydrogen-bond acceptors (Lipinski definition) is 2. The van der Waals surface area contributed by atoms with Crippen molar-refractivity contribution >= 4 is 40.1 Å². The van der Waals surface area contributed by atoms with E-state index in [1.54, 1.807) is 24.1 Å². The highest BCUT2D eigenvalue weighted by Crippen LogP contribution is 2.30. The molecule has 104 valence electrons. The Hall–Kier alpha value is -0.330. The molecule has 0 bridgehead atoms. The van der Waals surface area contributed by atoms with Crippen LogP contribution in [-0.2, 0) is 0 Å².